The van der Waals surface area contributed by atoms with Gasteiger partial charge in [0, 0.05) is 0 Å². The van der Waals surface area contributed by atoms with Gasteiger partial charge in [-0.1, -0.05) is 44.6 Å². The van der Waals surface area contributed by atoms with Gasteiger partial charge in [0.15, 0.2) is 0 Å². The molecular weight excluding hydrogens is 167 g/mol. The Balaban J connectivity index is 4.81. The van der Waals surface area contributed by atoms with Crippen molar-refractivity contribution in [3.8, 4) is 0 Å². The number of allylic oxidation sites excluding steroid dienone is 6. The van der Waals surface area contributed by atoms with Gasteiger partial charge >= 0.3 is 0 Å². The van der Waals surface area contributed by atoms with Crippen LogP contribution in [-0.4, -0.2) is 7.85 Å². The summed E-state index contributed by atoms with van der Waals surface area (Å²) in [4.78, 5) is 0. The van der Waals surface area contributed by atoms with Crippen molar-refractivity contribution in [3.63, 3.8) is 0 Å². The van der Waals surface area contributed by atoms with Gasteiger partial charge < -0.3 is 0 Å². The van der Waals surface area contributed by atoms with Gasteiger partial charge in [-0.25, -0.2) is 0 Å². The maximum atomic E-state index is 5.71. The summed E-state index contributed by atoms with van der Waals surface area (Å²) < 4.78 is 0. The van der Waals surface area contributed by atoms with Crippen LogP contribution in [0, 0.1) is 5.92 Å². The van der Waals surface area contributed by atoms with Crippen LogP contribution in [0.2, 0.25) is 0 Å². The largest absolute Gasteiger partial charge is 0.113 e. The van der Waals surface area contributed by atoms with E-state index in [0.29, 0.717) is 5.92 Å². The van der Waals surface area contributed by atoms with Crippen molar-refractivity contribution in [3.05, 3.63) is 34.8 Å². The van der Waals surface area contributed by atoms with Crippen molar-refractivity contribution in [1.29, 1.82) is 0 Å². The van der Waals surface area contributed by atoms with E-state index in [4.69, 9.17) is 7.85 Å². The van der Waals surface area contributed by atoms with E-state index in [-0.39, 0.29) is 0 Å². The third kappa shape index (κ3) is 4.50. The van der Waals surface area contributed by atoms with Gasteiger partial charge in [0.2, 0.25) is 0 Å². The molecular formula is C13H21B. The number of hydrogen-bond acceptors (Lipinski definition) is 0. The first-order chi connectivity index (χ1) is 6.52. The minimum absolute atomic E-state index is 0.566. The molecule has 0 saturated heterocycles. The molecule has 0 aliphatic rings. The Kier molecular flexibility index (Phi) is 6.35. The summed E-state index contributed by atoms with van der Waals surface area (Å²) in [5.41, 5.74) is 3.67. The Morgan fingerprint density at radius 1 is 1.29 bits per heavy atom. The Morgan fingerprint density at radius 2 is 1.86 bits per heavy atom. The zero-order valence-corrected chi connectivity index (χ0v) is 10.1. The van der Waals surface area contributed by atoms with Crippen LogP contribution in [0.25, 0.3) is 0 Å². The maximum Gasteiger partial charge on any atom is 0.113 e. The molecule has 0 spiro atoms. The molecule has 0 nitrogen and oxygen atoms in total. The van der Waals surface area contributed by atoms with Gasteiger partial charge in [0.05, 0.1) is 0 Å². The number of rotatable bonds is 4. The Morgan fingerprint density at radius 3 is 2.21 bits per heavy atom. The van der Waals surface area contributed by atoms with E-state index >= 15 is 0 Å². The van der Waals surface area contributed by atoms with E-state index in [1.54, 1.807) is 0 Å². The van der Waals surface area contributed by atoms with Crippen LogP contribution in [0.3, 0.4) is 0 Å². The first-order valence-corrected chi connectivity index (χ1v) is 5.32. The fraction of sp³-hybridized carbons (Fsp3) is 0.538. The molecule has 0 bridgehead atoms. The monoisotopic (exact) mass is 188 g/mol. The minimum atomic E-state index is 0.566. The molecule has 0 heterocycles. The second-order valence-corrected chi connectivity index (χ2v) is 3.87. The normalized spacial score (nSPS) is 15.1. The number of hydrogen-bond donors (Lipinski definition) is 0. The molecule has 0 rings (SSSR count). The zero-order chi connectivity index (χ0) is 11.1. The molecule has 0 unspecified atom stereocenters. The molecule has 0 aromatic rings. The molecule has 0 N–H and O–H groups in total. The van der Waals surface area contributed by atoms with Crippen molar-refractivity contribution < 1.29 is 0 Å². The Hall–Kier alpha value is -0.715. The average Bonchev–Trinajstić information content (AvgIpc) is 2.16. The molecule has 76 valence electrons. The lowest BCUT2D eigenvalue weighted by molar-refractivity contribution is 0.771. The smallest absolute Gasteiger partial charge is 0.101 e. The molecule has 1 heteroatoms. The van der Waals surface area contributed by atoms with Crippen LogP contribution < -0.4 is 0 Å². The van der Waals surface area contributed by atoms with Gasteiger partial charge in [-0.15, -0.1) is 5.47 Å². The predicted molar refractivity (Wildman–Crippen MR) is 66.5 cm³/mol. The van der Waals surface area contributed by atoms with E-state index in [2.05, 4.69) is 33.8 Å². The average molecular weight is 188 g/mol. The summed E-state index contributed by atoms with van der Waals surface area (Å²) in [6, 6.07) is 0. The minimum Gasteiger partial charge on any atom is -0.101 e. The molecule has 0 aromatic carbocycles. The quantitative estimate of drug-likeness (QED) is 0.462. The summed E-state index contributed by atoms with van der Waals surface area (Å²) in [6.07, 6.45) is 7.14. The third-order valence-corrected chi connectivity index (χ3v) is 2.43. The summed E-state index contributed by atoms with van der Waals surface area (Å²) in [6.45, 7) is 10.7. The van der Waals surface area contributed by atoms with Gasteiger partial charge in [0.25, 0.3) is 0 Å². The van der Waals surface area contributed by atoms with E-state index in [1.165, 1.54) is 11.1 Å². The van der Waals surface area contributed by atoms with Crippen LogP contribution in [0.15, 0.2) is 34.8 Å². The van der Waals surface area contributed by atoms with Crippen LogP contribution in [0.5, 0.6) is 0 Å². The molecule has 0 saturated carbocycles. The highest BCUT2D eigenvalue weighted by molar-refractivity contribution is 6.23. The van der Waals surface area contributed by atoms with E-state index in [1.807, 2.05) is 19.1 Å². The highest BCUT2D eigenvalue weighted by Crippen LogP contribution is 2.18. The Labute approximate surface area is 90.2 Å². The topological polar surface area (TPSA) is 0 Å². The highest BCUT2D eigenvalue weighted by atomic mass is 14.1. The molecule has 2 radical (unpaired) electrons. The predicted octanol–water partition coefficient (Wildman–Crippen LogP) is 4.00. The maximum absolute atomic E-state index is 5.71. The lowest BCUT2D eigenvalue weighted by Gasteiger charge is -2.10. The standard InChI is InChI=1S/C13H21B/c1-6-11(5)13(10(3)4)9-8-12(14)7-2/h7-10H,6H2,1-5H3/b9-8-,12-7+,13-11+. The SMILES string of the molecule is [B]C(/C=C\C(=C(\C)CC)C(C)C)=C/C. The van der Waals surface area contributed by atoms with Crippen molar-refractivity contribution in [1.82, 2.24) is 0 Å². The summed E-state index contributed by atoms with van der Waals surface area (Å²) in [5, 5.41) is 0. The van der Waals surface area contributed by atoms with Crippen molar-refractivity contribution in [2.75, 3.05) is 0 Å². The molecule has 0 aromatic heterocycles. The fourth-order valence-corrected chi connectivity index (χ4v) is 1.31. The van der Waals surface area contributed by atoms with Gasteiger partial charge in [-0.2, -0.15) is 0 Å². The van der Waals surface area contributed by atoms with Crippen molar-refractivity contribution in [2.24, 2.45) is 5.92 Å². The van der Waals surface area contributed by atoms with E-state index in [0.717, 1.165) is 11.9 Å². The summed E-state index contributed by atoms with van der Waals surface area (Å²) in [5.74, 6) is 0.566. The van der Waals surface area contributed by atoms with Gasteiger partial charge in [-0.3, -0.25) is 0 Å². The fourth-order valence-electron chi connectivity index (χ4n) is 1.31. The van der Waals surface area contributed by atoms with Crippen LogP contribution in [0.1, 0.15) is 41.0 Å². The third-order valence-electron chi connectivity index (χ3n) is 2.43. The van der Waals surface area contributed by atoms with Crippen LogP contribution in [0.4, 0.5) is 0 Å². The lowest BCUT2D eigenvalue weighted by Crippen LogP contribution is -1.94. The molecule has 0 aliphatic carbocycles. The first kappa shape index (κ1) is 13.3. The zero-order valence-electron chi connectivity index (χ0n) is 10.1. The second-order valence-electron chi connectivity index (χ2n) is 3.87. The van der Waals surface area contributed by atoms with Crippen molar-refractivity contribution in [2.45, 2.75) is 41.0 Å². The lowest BCUT2D eigenvalue weighted by atomic mass is 9.91. The van der Waals surface area contributed by atoms with Crippen molar-refractivity contribution >= 4 is 7.85 Å². The molecule has 0 aliphatic heterocycles. The van der Waals surface area contributed by atoms with E-state index in [9.17, 15) is 0 Å². The highest BCUT2D eigenvalue weighted by Gasteiger charge is 2.02. The Bertz CT molecular complexity index is 254. The molecule has 0 atom stereocenters. The summed E-state index contributed by atoms with van der Waals surface area (Å²) >= 11 is 0. The van der Waals surface area contributed by atoms with Crippen LogP contribution in [-0.2, 0) is 0 Å². The summed E-state index contributed by atoms with van der Waals surface area (Å²) in [7, 11) is 5.71. The molecule has 0 fully saturated rings. The first-order valence-electron chi connectivity index (χ1n) is 5.32. The van der Waals surface area contributed by atoms with E-state index < -0.39 is 0 Å². The van der Waals surface area contributed by atoms with Gasteiger partial charge in [0.1, 0.15) is 7.85 Å². The second kappa shape index (κ2) is 6.70. The molecule has 14 heavy (non-hydrogen) atoms. The van der Waals surface area contributed by atoms with Gasteiger partial charge in [-0.05, 0) is 31.8 Å². The molecule has 0 amide bonds. The van der Waals surface area contributed by atoms with Crippen LogP contribution >= 0.6 is 0 Å².